The summed E-state index contributed by atoms with van der Waals surface area (Å²) in [7, 11) is 1.28. The van der Waals surface area contributed by atoms with Crippen molar-refractivity contribution in [2.45, 2.75) is 53.1 Å². The van der Waals surface area contributed by atoms with Crippen LogP contribution in [-0.2, 0) is 28.6 Å². The number of carbonyl (C=O) groups is 3. The second-order valence-corrected chi connectivity index (χ2v) is 9.10. The number of ketones is 1. The van der Waals surface area contributed by atoms with Gasteiger partial charge in [-0.25, -0.2) is 4.79 Å². The summed E-state index contributed by atoms with van der Waals surface area (Å²) in [5.41, 5.74) is 2.76. The third-order valence-electron chi connectivity index (χ3n) is 6.23. The average molecular weight is 486 g/mol. The normalized spacial score (nSPS) is 22.0. The SMILES string of the molecule is CCOc1cccc([C@@H]2C(C(=O)OCCOC(C)C)=C(C)NC3=C2C(=O)[C@H](C(=O)OC)[C@H](C)C3)c1. The third-order valence-corrected chi connectivity index (χ3v) is 6.23. The Balaban J connectivity index is 2.06. The molecule has 1 aromatic carbocycles. The molecule has 8 nitrogen and oxygen atoms in total. The van der Waals surface area contributed by atoms with Gasteiger partial charge in [-0.15, -0.1) is 0 Å². The van der Waals surface area contributed by atoms with Crippen LogP contribution < -0.4 is 10.1 Å². The molecule has 35 heavy (non-hydrogen) atoms. The van der Waals surface area contributed by atoms with Gasteiger partial charge in [0.15, 0.2) is 5.78 Å². The van der Waals surface area contributed by atoms with E-state index in [9.17, 15) is 14.4 Å². The molecule has 190 valence electrons. The topological polar surface area (TPSA) is 100 Å². The molecule has 0 aromatic heterocycles. The zero-order valence-corrected chi connectivity index (χ0v) is 21.3. The Morgan fingerprint density at radius 1 is 1.20 bits per heavy atom. The fourth-order valence-electron chi connectivity index (χ4n) is 4.73. The molecule has 1 aromatic rings. The number of Topliss-reactive ketones (excluding diaryl/α,β-unsaturated/α-hetero) is 1. The minimum atomic E-state index is -0.937. The molecule has 1 aliphatic carbocycles. The molecular formula is C27H35NO7. The fraction of sp³-hybridized carbons (Fsp3) is 0.519. The van der Waals surface area contributed by atoms with Crippen LogP contribution >= 0.6 is 0 Å². The number of ether oxygens (including phenoxy) is 4. The van der Waals surface area contributed by atoms with Crippen LogP contribution in [-0.4, -0.2) is 50.8 Å². The molecule has 0 amide bonds. The van der Waals surface area contributed by atoms with Crippen molar-refractivity contribution in [3.8, 4) is 5.75 Å². The van der Waals surface area contributed by atoms with Gasteiger partial charge in [-0.05, 0) is 57.7 Å². The number of allylic oxidation sites excluding steroid dienone is 3. The van der Waals surface area contributed by atoms with Crippen molar-refractivity contribution in [3.05, 3.63) is 52.4 Å². The lowest BCUT2D eigenvalue weighted by atomic mass is 9.69. The Morgan fingerprint density at radius 3 is 2.60 bits per heavy atom. The Kier molecular flexibility index (Phi) is 8.72. The van der Waals surface area contributed by atoms with Gasteiger partial charge in [-0.3, -0.25) is 9.59 Å². The van der Waals surface area contributed by atoms with E-state index in [-0.39, 0.29) is 31.0 Å². The molecule has 1 N–H and O–H groups in total. The van der Waals surface area contributed by atoms with Crippen molar-refractivity contribution in [3.63, 3.8) is 0 Å². The van der Waals surface area contributed by atoms with Gasteiger partial charge in [0, 0.05) is 22.9 Å². The highest BCUT2D eigenvalue weighted by Gasteiger charge is 2.47. The Hall–Kier alpha value is -3.13. The minimum Gasteiger partial charge on any atom is -0.494 e. The quantitative estimate of drug-likeness (QED) is 0.321. The molecule has 0 saturated heterocycles. The molecule has 0 radical (unpaired) electrons. The molecule has 1 aliphatic heterocycles. The van der Waals surface area contributed by atoms with Gasteiger partial charge in [0.2, 0.25) is 0 Å². The zero-order valence-electron chi connectivity index (χ0n) is 21.3. The summed E-state index contributed by atoms with van der Waals surface area (Å²) < 4.78 is 21.7. The number of nitrogens with one attached hydrogen (secondary N) is 1. The van der Waals surface area contributed by atoms with Crippen molar-refractivity contribution in [2.24, 2.45) is 11.8 Å². The number of hydrogen-bond donors (Lipinski definition) is 1. The molecule has 1 heterocycles. The van der Waals surface area contributed by atoms with Crippen molar-refractivity contribution in [1.29, 1.82) is 0 Å². The summed E-state index contributed by atoms with van der Waals surface area (Å²) in [5.74, 6) is -2.72. The number of methoxy groups -OCH3 is 1. The fourth-order valence-corrected chi connectivity index (χ4v) is 4.73. The Labute approximate surface area is 206 Å². The number of esters is 2. The largest absolute Gasteiger partial charge is 0.494 e. The molecule has 8 heteroatoms. The highest BCUT2D eigenvalue weighted by atomic mass is 16.6. The standard InChI is InChI=1S/C27H35NO7/c1-7-33-19-10-8-9-18(14-19)23-22(27(31)35-12-11-34-15(2)3)17(5)28-20-13-16(4)21(26(30)32-6)25(29)24(20)23/h8-10,14-16,21,23,28H,7,11-13H2,1-6H3/t16-,21-,23-/m1/s1. The lowest BCUT2D eigenvalue weighted by Gasteiger charge is -2.38. The molecule has 2 aliphatic rings. The lowest BCUT2D eigenvalue weighted by Crippen LogP contribution is -2.43. The first-order valence-corrected chi connectivity index (χ1v) is 12.0. The van der Waals surface area contributed by atoms with Crippen LogP contribution in [0, 0.1) is 11.8 Å². The van der Waals surface area contributed by atoms with Crippen LogP contribution in [0.25, 0.3) is 0 Å². The summed E-state index contributed by atoms with van der Waals surface area (Å²) in [6.07, 6.45) is 0.495. The van der Waals surface area contributed by atoms with E-state index >= 15 is 0 Å². The molecule has 3 atom stereocenters. The van der Waals surface area contributed by atoms with Crippen LogP contribution in [0.5, 0.6) is 5.75 Å². The molecular weight excluding hydrogens is 450 g/mol. The number of carbonyl (C=O) groups excluding carboxylic acids is 3. The second-order valence-electron chi connectivity index (χ2n) is 9.10. The maximum atomic E-state index is 13.8. The first-order valence-electron chi connectivity index (χ1n) is 12.0. The van der Waals surface area contributed by atoms with Gasteiger partial charge in [0.25, 0.3) is 0 Å². The van der Waals surface area contributed by atoms with Gasteiger partial charge in [0.05, 0.1) is 32.0 Å². The van der Waals surface area contributed by atoms with Crippen LogP contribution in [0.1, 0.15) is 52.5 Å². The summed E-state index contributed by atoms with van der Waals surface area (Å²) in [6, 6.07) is 7.32. The summed E-state index contributed by atoms with van der Waals surface area (Å²) in [6.45, 7) is 10.2. The summed E-state index contributed by atoms with van der Waals surface area (Å²) in [5, 5.41) is 3.26. The zero-order chi connectivity index (χ0) is 25.7. The number of benzene rings is 1. The van der Waals surface area contributed by atoms with Crippen molar-refractivity contribution < 1.29 is 33.3 Å². The van der Waals surface area contributed by atoms with Crippen molar-refractivity contribution in [2.75, 3.05) is 26.9 Å². The van der Waals surface area contributed by atoms with Gasteiger partial charge in [0.1, 0.15) is 18.3 Å². The van der Waals surface area contributed by atoms with Crippen LogP contribution in [0.4, 0.5) is 0 Å². The molecule has 0 fully saturated rings. The predicted molar refractivity (Wildman–Crippen MR) is 130 cm³/mol. The van der Waals surface area contributed by atoms with E-state index in [2.05, 4.69) is 5.32 Å². The van der Waals surface area contributed by atoms with Gasteiger partial charge >= 0.3 is 11.9 Å². The smallest absolute Gasteiger partial charge is 0.336 e. The van der Waals surface area contributed by atoms with E-state index in [4.69, 9.17) is 18.9 Å². The van der Waals surface area contributed by atoms with E-state index in [1.165, 1.54) is 7.11 Å². The number of dihydropyridines is 1. The van der Waals surface area contributed by atoms with E-state index in [0.717, 1.165) is 0 Å². The van der Waals surface area contributed by atoms with Gasteiger partial charge in [-0.1, -0.05) is 19.1 Å². The van der Waals surface area contributed by atoms with E-state index in [0.29, 0.717) is 46.9 Å². The van der Waals surface area contributed by atoms with Gasteiger partial charge < -0.3 is 24.3 Å². The van der Waals surface area contributed by atoms with Crippen molar-refractivity contribution >= 4 is 17.7 Å². The van der Waals surface area contributed by atoms with Crippen LogP contribution in [0.15, 0.2) is 46.8 Å². The summed E-state index contributed by atoms with van der Waals surface area (Å²) >= 11 is 0. The van der Waals surface area contributed by atoms with Crippen molar-refractivity contribution in [1.82, 2.24) is 5.32 Å². The lowest BCUT2D eigenvalue weighted by molar-refractivity contribution is -0.151. The second kappa shape index (κ2) is 11.5. The van der Waals surface area contributed by atoms with Crippen LogP contribution in [0.2, 0.25) is 0 Å². The molecule has 3 rings (SSSR count). The molecule has 0 unspecified atom stereocenters. The van der Waals surface area contributed by atoms with E-state index < -0.39 is 23.8 Å². The molecule has 0 bridgehead atoms. The van der Waals surface area contributed by atoms with Crippen LogP contribution in [0.3, 0.4) is 0 Å². The maximum absolute atomic E-state index is 13.8. The molecule has 0 spiro atoms. The highest BCUT2D eigenvalue weighted by molar-refractivity contribution is 6.12. The monoisotopic (exact) mass is 485 g/mol. The minimum absolute atomic E-state index is 0.0184. The molecule has 0 saturated carbocycles. The first-order chi connectivity index (χ1) is 16.7. The Bertz CT molecular complexity index is 1040. The van der Waals surface area contributed by atoms with E-state index in [1.54, 1.807) is 6.92 Å². The first kappa shape index (κ1) is 26.5. The predicted octanol–water partition coefficient (Wildman–Crippen LogP) is 3.67. The third kappa shape index (κ3) is 5.75. The average Bonchev–Trinajstić information content (AvgIpc) is 2.80. The number of rotatable bonds is 9. The summed E-state index contributed by atoms with van der Waals surface area (Å²) in [4.78, 5) is 39.6. The van der Waals surface area contributed by atoms with Gasteiger partial charge in [-0.2, -0.15) is 0 Å². The highest BCUT2D eigenvalue weighted by Crippen LogP contribution is 2.45. The Morgan fingerprint density at radius 2 is 1.94 bits per heavy atom. The number of hydrogen-bond acceptors (Lipinski definition) is 8. The van der Waals surface area contributed by atoms with E-state index in [1.807, 2.05) is 52.0 Å². The maximum Gasteiger partial charge on any atom is 0.336 e.